The first-order chi connectivity index (χ1) is 9.81. The quantitative estimate of drug-likeness (QED) is 0.875. The molecular weight excluding hydrogens is 270 g/mol. The van der Waals surface area contributed by atoms with Gasteiger partial charge in [-0.25, -0.2) is 4.79 Å². The second kappa shape index (κ2) is 7.78. The van der Waals surface area contributed by atoms with Crippen LogP contribution in [0.4, 0.5) is 4.79 Å². The molecule has 1 N–H and O–H groups in total. The Balaban J connectivity index is 2.47. The van der Waals surface area contributed by atoms with Gasteiger partial charge in [-0.1, -0.05) is 30.3 Å². The average Bonchev–Trinajstić information content (AvgIpc) is 2.41. The molecule has 1 rings (SSSR count). The Bertz CT molecular complexity index is 453. The van der Waals surface area contributed by atoms with Crippen molar-refractivity contribution in [3.63, 3.8) is 0 Å². The summed E-state index contributed by atoms with van der Waals surface area (Å²) in [7, 11) is 0. The fourth-order valence-corrected chi connectivity index (χ4v) is 1.58. The Hall–Kier alpha value is -1.88. The standard InChI is InChI=1S/C16H22NO4/c1-12(20-11-13-8-6-5-7-9-13)14(10-18)17-15(19)21-16(2,3)4/h5-9,12,14H,11H2,1-4H3,(H,17,19)/t12?,14-/m1/s1. The molecule has 0 aliphatic heterocycles. The van der Waals surface area contributed by atoms with Crippen LogP contribution in [0.2, 0.25) is 0 Å². The third-order valence-electron chi connectivity index (χ3n) is 2.62. The molecule has 1 aromatic carbocycles. The minimum absolute atomic E-state index is 0.357. The highest BCUT2D eigenvalue weighted by atomic mass is 16.6. The number of benzene rings is 1. The fraction of sp³-hybridized carbons (Fsp3) is 0.500. The Kier molecular flexibility index (Phi) is 6.37. The minimum atomic E-state index is -0.872. The Morgan fingerprint density at radius 3 is 2.43 bits per heavy atom. The molecule has 0 fully saturated rings. The molecule has 0 heterocycles. The number of hydrogen-bond acceptors (Lipinski definition) is 4. The summed E-state index contributed by atoms with van der Waals surface area (Å²) in [5, 5.41) is 2.45. The van der Waals surface area contributed by atoms with Crippen LogP contribution in [0.15, 0.2) is 30.3 Å². The van der Waals surface area contributed by atoms with Gasteiger partial charge in [0.1, 0.15) is 11.6 Å². The number of amides is 1. The molecule has 0 spiro atoms. The van der Waals surface area contributed by atoms with E-state index < -0.39 is 23.8 Å². The zero-order chi connectivity index (χ0) is 15.9. The third kappa shape index (κ3) is 6.90. The molecule has 115 valence electrons. The summed E-state index contributed by atoms with van der Waals surface area (Å²) < 4.78 is 10.7. The number of ether oxygens (including phenoxy) is 2. The second-order valence-corrected chi connectivity index (χ2v) is 5.74. The predicted molar refractivity (Wildman–Crippen MR) is 79.5 cm³/mol. The van der Waals surface area contributed by atoms with Crippen LogP contribution in [0.1, 0.15) is 33.3 Å². The van der Waals surface area contributed by atoms with Crippen molar-refractivity contribution >= 4 is 12.4 Å². The highest BCUT2D eigenvalue weighted by molar-refractivity contribution is 5.74. The van der Waals surface area contributed by atoms with Crippen LogP contribution in [-0.4, -0.2) is 30.1 Å². The van der Waals surface area contributed by atoms with E-state index in [1.807, 2.05) is 30.3 Å². The van der Waals surface area contributed by atoms with E-state index in [9.17, 15) is 9.59 Å². The largest absolute Gasteiger partial charge is 0.444 e. The van der Waals surface area contributed by atoms with Crippen LogP contribution < -0.4 is 5.32 Å². The van der Waals surface area contributed by atoms with Crippen molar-refractivity contribution in [3.05, 3.63) is 35.9 Å². The fourth-order valence-electron chi connectivity index (χ4n) is 1.58. The lowest BCUT2D eigenvalue weighted by atomic mass is 10.2. The van der Waals surface area contributed by atoms with Crippen LogP contribution >= 0.6 is 0 Å². The Labute approximate surface area is 125 Å². The van der Waals surface area contributed by atoms with Crippen molar-refractivity contribution < 1.29 is 19.1 Å². The minimum Gasteiger partial charge on any atom is -0.444 e. The highest BCUT2D eigenvalue weighted by Crippen LogP contribution is 2.09. The van der Waals surface area contributed by atoms with Gasteiger partial charge in [-0.2, -0.15) is 0 Å². The molecule has 5 heteroatoms. The normalized spacial score (nSPS) is 14.1. The summed E-state index contributed by atoms with van der Waals surface area (Å²) >= 11 is 0. The van der Waals surface area contributed by atoms with E-state index in [-0.39, 0.29) is 0 Å². The highest BCUT2D eigenvalue weighted by Gasteiger charge is 2.24. The van der Waals surface area contributed by atoms with Crippen molar-refractivity contribution in [2.24, 2.45) is 0 Å². The lowest BCUT2D eigenvalue weighted by Crippen LogP contribution is -2.46. The lowest BCUT2D eigenvalue weighted by Gasteiger charge is -2.24. The van der Waals surface area contributed by atoms with Crippen molar-refractivity contribution in [1.29, 1.82) is 0 Å². The van der Waals surface area contributed by atoms with Gasteiger partial charge in [-0.05, 0) is 33.3 Å². The Morgan fingerprint density at radius 2 is 1.90 bits per heavy atom. The molecule has 1 amide bonds. The molecule has 0 aliphatic carbocycles. The molecule has 0 bridgehead atoms. The van der Waals surface area contributed by atoms with Gasteiger partial charge in [-0.3, -0.25) is 4.79 Å². The summed E-state index contributed by atoms with van der Waals surface area (Å²) in [4.78, 5) is 22.6. The van der Waals surface area contributed by atoms with Gasteiger partial charge in [0.05, 0.1) is 12.7 Å². The predicted octanol–water partition coefficient (Wildman–Crippen LogP) is 2.59. The van der Waals surface area contributed by atoms with Crippen molar-refractivity contribution in [3.8, 4) is 0 Å². The van der Waals surface area contributed by atoms with Crippen molar-refractivity contribution in [2.75, 3.05) is 0 Å². The summed E-state index contributed by atoms with van der Waals surface area (Å²) in [6.45, 7) is 7.32. The van der Waals surface area contributed by atoms with E-state index in [0.29, 0.717) is 6.61 Å². The second-order valence-electron chi connectivity index (χ2n) is 5.74. The molecule has 0 saturated heterocycles. The topological polar surface area (TPSA) is 64.6 Å². The van der Waals surface area contributed by atoms with E-state index in [0.717, 1.165) is 5.56 Å². The number of alkyl carbamates (subject to hydrolysis) is 1. The van der Waals surface area contributed by atoms with E-state index in [2.05, 4.69) is 5.32 Å². The van der Waals surface area contributed by atoms with Crippen molar-refractivity contribution in [2.45, 2.75) is 52.0 Å². The molecule has 0 saturated carbocycles. The van der Waals surface area contributed by atoms with Gasteiger partial charge in [0, 0.05) is 0 Å². The molecular formula is C16H22NO4. The van der Waals surface area contributed by atoms with Crippen LogP contribution in [0, 0.1) is 0 Å². The Morgan fingerprint density at radius 1 is 1.29 bits per heavy atom. The molecule has 1 unspecified atom stereocenters. The number of carbonyl (C=O) groups is 1. The van der Waals surface area contributed by atoms with Gasteiger partial charge in [0.2, 0.25) is 6.29 Å². The first-order valence-electron chi connectivity index (χ1n) is 6.84. The third-order valence-corrected chi connectivity index (χ3v) is 2.62. The van der Waals surface area contributed by atoms with Crippen LogP contribution in [0.5, 0.6) is 0 Å². The summed E-state index contributed by atoms with van der Waals surface area (Å²) in [6.07, 6.45) is 0.602. The summed E-state index contributed by atoms with van der Waals surface area (Å²) in [6, 6.07) is 8.71. The molecule has 2 atom stereocenters. The van der Waals surface area contributed by atoms with E-state index >= 15 is 0 Å². The number of carbonyl (C=O) groups excluding carboxylic acids is 2. The molecule has 21 heavy (non-hydrogen) atoms. The SMILES string of the molecule is CC(OCc1ccccc1)[C@@H]([C]=O)NC(=O)OC(C)(C)C. The maximum atomic E-state index is 11.6. The molecule has 1 radical (unpaired) electrons. The maximum Gasteiger partial charge on any atom is 0.408 e. The number of rotatable bonds is 6. The van der Waals surface area contributed by atoms with E-state index in [1.54, 1.807) is 34.0 Å². The van der Waals surface area contributed by atoms with Crippen molar-refractivity contribution in [1.82, 2.24) is 5.32 Å². The van der Waals surface area contributed by atoms with E-state index in [1.165, 1.54) is 0 Å². The zero-order valence-corrected chi connectivity index (χ0v) is 12.9. The monoisotopic (exact) mass is 292 g/mol. The van der Waals surface area contributed by atoms with E-state index in [4.69, 9.17) is 9.47 Å². The van der Waals surface area contributed by atoms with Gasteiger partial charge in [0.25, 0.3) is 0 Å². The van der Waals surface area contributed by atoms with Gasteiger partial charge in [-0.15, -0.1) is 0 Å². The van der Waals surface area contributed by atoms with Gasteiger partial charge in [0.15, 0.2) is 0 Å². The van der Waals surface area contributed by atoms with Gasteiger partial charge >= 0.3 is 6.09 Å². The lowest BCUT2D eigenvalue weighted by molar-refractivity contribution is 0.0260. The number of hydrogen-bond donors (Lipinski definition) is 1. The maximum absolute atomic E-state index is 11.6. The molecule has 1 aromatic rings. The molecule has 0 aromatic heterocycles. The average molecular weight is 292 g/mol. The zero-order valence-electron chi connectivity index (χ0n) is 12.9. The molecule has 0 aliphatic rings. The summed E-state index contributed by atoms with van der Waals surface area (Å²) in [5.41, 5.74) is 0.373. The first kappa shape index (κ1) is 17.2. The van der Waals surface area contributed by atoms with Crippen LogP contribution in [0.3, 0.4) is 0 Å². The van der Waals surface area contributed by atoms with Crippen LogP contribution in [0.25, 0.3) is 0 Å². The molecule has 5 nitrogen and oxygen atoms in total. The first-order valence-corrected chi connectivity index (χ1v) is 6.84. The van der Waals surface area contributed by atoms with Crippen LogP contribution in [-0.2, 0) is 20.9 Å². The number of nitrogens with one attached hydrogen (secondary N) is 1. The van der Waals surface area contributed by atoms with Gasteiger partial charge < -0.3 is 14.8 Å². The summed E-state index contributed by atoms with van der Waals surface area (Å²) in [5.74, 6) is 0. The smallest absolute Gasteiger partial charge is 0.408 e.